The van der Waals surface area contributed by atoms with Gasteiger partial charge in [0.25, 0.3) is 0 Å². The molecule has 0 saturated carbocycles. The molecular weight excluding hydrogens is 320 g/mol. The summed E-state index contributed by atoms with van der Waals surface area (Å²) in [6.07, 6.45) is 2.30. The van der Waals surface area contributed by atoms with Crippen LogP contribution in [0.15, 0.2) is 35.1 Å². The Morgan fingerprint density at radius 3 is 3.10 bits per heavy atom. The van der Waals surface area contributed by atoms with Crippen molar-refractivity contribution in [3.8, 4) is 0 Å². The summed E-state index contributed by atoms with van der Waals surface area (Å²) in [6, 6.07) is 7.55. The third kappa shape index (κ3) is 2.96. The van der Waals surface area contributed by atoms with Gasteiger partial charge in [-0.2, -0.15) is 0 Å². The Morgan fingerprint density at radius 1 is 1.35 bits per heavy atom. The largest absolute Gasteiger partial charge is 0.315 e. The Kier molecular flexibility index (Phi) is 3.93. The number of fused-ring (bicyclic) bond motifs is 1. The number of ketones is 1. The van der Waals surface area contributed by atoms with Gasteiger partial charge in [0.15, 0.2) is 5.78 Å². The topological polar surface area (TPSA) is 51.0 Å². The van der Waals surface area contributed by atoms with Gasteiger partial charge in [-0.25, -0.2) is 0 Å². The second-order valence-corrected chi connectivity index (χ2v) is 5.82. The van der Waals surface area contributed by atoms with Crippen molar-refractivity contribution in [2.75, 3.05) is 13.1 Å². The second kappa shape index (κ2) is 5.85. The minimum absolute atomic E-state index is 0.179. The fraction of sp³-hybridized carbons (Fsp3) is 0.357. The average Bonchev–Trinajstić information content (AvgIpc) is 2.92. The quantitative estimate of drug-likeness (QED) is 0.804. The highest BCUT2D eigenvalue weighted by atomic mass is 79.9. The molecule has 0 aliphatic carbocycles. The van der Waals surface area contributed by atoms with Crippen LogP contribution >= 0.6 is 15.9 Å². The van der Waals surface area contributed by atoms with E-state index in [0.717, 1.165) is 42.0 Å². The van der Waals surface area contributed by atoms with E-state index in [4.69, 9.17) is 0 Å². The molecular formula is C14H15BrN4O. The van der Waals surface area contributed by atoms with Crippen LogP contribution in [0.5, 0.6) is 0 Å². The molecule has 2 heterocycles. The number of carbonyl (C=O) groups is 1. The highest BCUT2D eigenvalue weighted by Crippen LogP contribution is 2.14. The molecule has 2 aromatic rings. The molecule has 0 atom stereocenters. The number of hydrogen-bond donors (Lipinski definition) is 0. The highest BCUT2D eigenvalue weighted by Gasteiger charge is 2.18. The van der Waals surface area contributed by atoms with E-state index in [-0.39, 0.29) is 5.78 Å². The van der Waals surface area contributed by atoms with E-state index < -0.39 is 0 Å². The van der Waals surface area contributed by atoms with E-state index in [1.807, 2.05) is 24.3 Å². The Morgan fingerprint density at radius 2 is 2.25 bits per heavy atom. The smallest absolute Gasteiger partial charge is 0.164 e. The number of carbonyl (C=O) groups excluding carboxylic acids is 1. The first-order chi connectivity index (χ1) is 9.72. The molecule has 0 radical (unpaired) electrons. The fourth-order valence-corrected chi connectivity index (χ4v) is 2.77. The first-order valence-corrected chi connectivity index (χ1v) is 7.39. The van der Waals surface area contributed by atoms with Gasteiger partial charge in [0.1, 0.15) is 12.2 Å². The third-order valence-corrected chi connectivity index (χ3v) is 4.01. The van der Waals surface area contributed by atoms with Crippen LogP contribution in [0.3, 0.4) is 0 Å². The first kappa shape index (κ1) is 13.5. The number of Topliss-reactive ketones (excluding diaryl/α,β-unsaturated/α-hetero) is 1. The number of rotatable bonds is 4. The maximum Gasteiger partial charge on any atom is 0.164 e. The van der Waals surface area contributed by atoms with Gasteiger partial charge in [-0.05, 0) is 12.1 Å². The van der Waals surface area contributed by atoms with Crippen LogP contribution in [-0.4, -0.2) is 38.5 Å². The third-order valence-electron chi connectivity index (χ3n) is 3.52. The zero-order valence-corrected chi connectivity index (χ0v) is 12.6. The summed E-state index contributed by atoms with van der Waals surface area (Å²) in [6.45, 7) is 3.37. The van der Waals surface area contributed by atoms with Crippen molar-refractivity contribution in [2.45, 2.75) is 19.5 Å². The summed E-state index contributed by atoms with van der Waals surface area (Å²) < 4.78 is 3.00. The lowest BCUT2D eigenvalue weighted by Gasteiger charge is -2.26. The zero-order valence-electron chi connectivity index (χ0n) is 11.0. The van der Waals surface area contributed by atoms with Crippen LogP contribution in [0.2, 0.25) is 0 Å². The van der Waals surface area contributed by atoms with Gasteiger partial charge in [0.05, 0.1) is 6.54 Å². The summed E-state index contributed by atoms with van der Waals surface area (Å²) in [5.41, 5.74) is 0.763. The van der Waals surface area contributed by atoms with Gasteiger partial charge in [0.2, 0.25) is 0 Å². The van der Waals surface area contributed by atoms with Crippen molar-refractivity contribution in [1.29, 1.82) is 0 Å². The number of aromatic nitrogens is 3. The van der Waals surface area contributed by atoms with E-state index in [0.29, 0.717) is 6.42 Å². The van der Waals surface area contributed by atoms with Gasteiger partial charge < -0.3 is 4.57 Å². The molecule has 1 aromatic carbocycles. The van der Waals surface area contributed by atoms with Crippen LogP contribution in [0.4, 0.5) is 0 Å². The van der Waals surface area contributed by atoms with Gasteiger partial charge in [-0.15, -0.1) is 10.2 Å². The lowest BCUT2D eigenvalue weighted by atomic mass is 10.1. The molecule has 0 amide bonds. The number of nitrogens with zero attached hydrogens (tertiary/aromatic N) is 4. The van der Waals surface area contributed by atoms with Crippen molar-refractivity contribution in [3.63, 3.8) is 0 Å². The summed E-state index contributed by atoms with van der Waals surface area (Å²) in [4.78, 5) is 14.4. The molecule has 1 aliphatic rings. The van der Waals surface area contributed by atoms with Gasteiger partial charge in [0, 0.05) is 36.1 Å². The zero-order chi connectivity index (χ0) is 13.9. The van der Waals surface area contributed by atoms with E-state index in [1.165, 1.54) is 0 Å². The Bertz CT molecular complexity index is 625. The average molecular weight is 335 g/mol. The number of halogens is 1. The normalized spacial score (nSPS) is 15.1. The monoisotopic (exact) mass is 334 g/mol. The van der Waals surface area contributed by atoms with Crippen LogP contribution in [0.1, 0.15) is 22.6 Å². The van der Waals surface area contributed by atoms with Gasteiger partial charge >= 0.3 is 0 Å². The molecule has 1 aromatic heterocycles. The highest BCUT2D eigenvalue weighted by molar-refractivity contribution is 9.10. The maximum absolute atomic E-state index is 12.2. The SMILES string of the molecule is O=C(CCN1CCn2cnnc2C1)c1cccc(Br)c1. The lowest BCUT2D eigenvalue weighted by molar-refractivity contribution is 0.0955. The summed E-state index contributed by atoms with van der Waals surface area (Å²) in [7, 11) is 0. The summed E-state index contributed by atoms with van der Waals surface area (Å²) in [5.74, 6) is 1.16. The standard InChI is InChI=1S/C14H15BrN4O/c15-12-3-1-2-11(8-12)13(20)4-5-18-6-7-19-10-16-17-14(19)9-18/h1-3,8,10H,4-7,9H2. The summed E-state index contributed by atoms with van der Waals surface area (Å²) in [5, 5.41) is 7.99. The summed E-state index contributed by atoms with van der Waals surface area (Å²) >= 11 is 3.39. The van der Waals surface area contributed by atoms with E-state index in [9.17, 15) is 4.79 Å². The molecule has 0 bridgehead atoms. The molecule has 0 spiro atoms. The van der Waals surface area contributed by atoms with Crippen molar-refractivity contribution in [1.82, 2.24) is 19.7 Å². The molecule has 0 fully saturated rings. The van der Waals surface area contributed by atoms with Gasteiger partial charge in [-0.1, -0.05) is 28.1 Å². The second-order valence-electron chi connectivity index (χ2n) is 4.90. The molecule has 6 heteroatoms. The molecule has 0 N–H and O–H groups in total. The Balaban J connectivity index is 1.57. The van der Waals surface area contributed by atoms with Crippen molar-refractivity contribution in [3.05, 3.63) is 46.5 Å². The molecule has 20 heavy (non-hydrogen) atoms. The number of benzene rings is 1. The van der Waals surface area contributed by atoms with E-state index in [2.05, 4.69) is 35.6 Å². The molecule has 104 valence electrons. The van der Waals surface area contributed by atoms with Crippen LogP contribution in [0, 0.1) is 0 Å². The molecule has 5 nitrogen and oxygen atoms in total. The molecule has 0 unspecified atom stereocenters. The fourth-order valence-electron chi connectivity index (χ4n) is 2.37. The number of hydrogen-bond acceptors (Lipinski definition) is 4. The first-order valence-electron chi connectivity index (χ1n) is 6.60. The maximum atomic E-state index is 12.2. The van der Waals surface area contributed by atoms with E-state index >= 15 is 0 Å². The predicted octanol–water partition coefficient (Wildman–Crippen LogP) is 2.13. The van der Waals surface area contributed by atoms with Crippen LogP contribution < -0.4 is 0 Å². The Hall–Kier alpha value is -1.53. The van der Waals surface area contributed by atoms with Crippen molar-refractivity contribution < 1.29 is 4.79 Å². The molecule has 0 saturated heterocycles. The minimum atomic E-state index is 0.179. The lowest BCUT2D eigenvalue weighted by Crippen LogP contribution is -2.35. The molecule has 1 aliphatic heterocycles. The predicted molar refractivity (Wildman–Crippen MR) is 78.4 cm³/mol. The van der Waals surface area contributed by atoms with Crippen molar-refractivity contribution >= 4 is 21.7 Å². The molecule has 3 rings (SSSR count). The van der Waals surface area contributed by atoms with Crippen LogP contribution in [0.25, 0.3) is 0 Å². The van der Waals surface area contributed by atoms with Crippen LogP contribution in [-0.2, 0) is 13.1 Å². The van der Waals surface area contributed by atoms with Crippen molar-refractivity contribution in [2.24, 2.45) is 0 Å². The Labute approximate surface area is 125 Å². The van der Waals surface area contributed by atoms with E-state index in [1.54, 1.807) is 6.33 Å². The minimum Gasteiger partial charge on any atom is -0.315 e. The van der Waals surface area contributed by atoms with Gasteiger partial charge in [-0.3, -0.25) is 9.69 Å².